The molecule has 0 spiro atoms. The molecule has 0 aliphatic carbocycles. The third kappa shape index (κ3) is 3.26. The van der Waals surface area contributed by atoms with Crippen LogP contribution in [0.2, 0.25) is 0 Å². The number of rotatable bonds is 5. The summed E-state index contributed by atoms with van der Waals surface area (Å²) in [6.45, 7) is 4.39. The lowest BCUT2D eigenvalue weighted by Crippen LogP contribution is -2.35. The summed E-state index contributed by atoms with van der Waals surface area (Å²) in [7, 11) is 0. The molecule has 1 amide bonds. The normalized spacial score (nSPS) is 13.6. The van der Waals surface area contributed by atoms with Crippen LogP contribution in [0, 0.1) is 0 Å². The summed E-state index contributed by atoms with van der Waals surface area (Å²) in [5, 5.41) is 3.63. The summed E-state index contributed by atoms with van der Waals surface area (Å²) in [5.41, 5.74) is 1.08. The standard InChI is InChI=1S/C19H20N2O2S/c1-13(15-8-4-3-5-9-15)12-20-18(22)14(2)21-19(23)16-10-6-7-11-17(16)24-21/h3-11,13-14H,12H2,1-2H3,(H,20,22). The molecule has 0 saturated heterocycles. The predicted octanol–water partition coefficient (Wildman–Crippen LogP) is 3.54. The molecule has 1 aromatic heterocycles. The number of nitrogens with one attached hydrogen (secondary N) is 1. The van der Waals surface area contributed by atoms with Crippen molar-refractivity contribution in [1.29, 1.82) is 0 Å². The smallest absolute Gasteiger partial charge is 0.269 e. The molecule has 124 valence electrons. The first-order valence-electron chi connectivity index (χ1n) is 8.01. The highest BCUT2D eigenvalue weighted by molar-refractivity contribution is 7.14. The van der Waals surface area contributed by atoms with E-state index < -0.39 is 6.04 Å². The molecule has 2 atom stereocenters. The van der Waals surface area contributed by atoms with Crippen molar-refractivity contribution in [3.63, 3.8) is 0 Å². The minimum atomic E-state index is -0.516. The molecule has 0 bridgehead atoms. The van der Waals surface area contributed by atoms with Crippen LogP contribution in [-0.4, -0.2) is 16.4 Å². The largest absolute Gasteiger partial charge is 0.354 e. The Morgan fingerprint density at radius 1 is 1.08 bits per heavy atom. The van der Waals surface area contributed by atoms with Crippen molar-refractivity contribution < 1.29 is 4.79 Å². The maximum atomic E-state index is 12.4. The molecule has 3 aromatic rings. The molecule has 24 heavy (non-hydrogen) atoms. The van der Waals surface area contributed by atoms with Gasteiger partial charge in [-0.25, -0.2) is 0 Å². The second-order valence-electron chi connectivity index (χ2n) is 5.95. The lowest BCUT2D eigenvalue weighted by atomic mass is 10.0. The summed E-state index contributed by atoms with van der Waals surface area (Å²) in [5.74, 6) is 0.0907. The fourth-order valence-corrected chi connectivity index (χ4v) is 3.69. The number of hydrogen-bond acceptors (Lipinski definition) is 3. The van der Waals surface area contributed by atoms with E-state index in [-0.39, 0.29) is 17.4 Å². The predicted molar refractivity (Wildman–Crippen MR) is 98.7 cm³/mol. The molecule has 0 aliphatic heterocycles. The van der Waals surface area contributed by atoms with Crippen LogP contribution in [0.15, 0.2) is 59.4 Å². The zero-order valence-electron chi connectivity index (χ0n) is 13.7. The molecule has 0 saturated carbocycles. The van der Waals surface area contributed by atoms with Gasteiger partial charge in [0.05, 0.1) is 10.1 Å². The van der Waals surface area contributed by atoms with E-state index in [4.69, 9.17) is 0 Å². The van der Waals surface area contributed by atoms with Gasteiger partial charge in [0, 0.05) is 6.54 Å². The number of nitrogens with zero attached hydrogens (tertiary/aromatic N) is 1. The number of benzene rings is 2. The quantitative estimate of drug-likeness (QED) is 0.772. The highest BCUT2D eigenvalue weighted by Crippen LogP contribution is 2.20. The van der Waals surface area contributed by atoms with Crippen LogP contribution in [0.3, 0.4) is 0 Å². The van der Waals surface area contributed by atoms with Crippen LogP contribution in [-0.2, 0) is 4.79 Å². The minimum Gasteiger partial charge on any atom is -0.354 e. The molecule has 0 radical (unpaired) electrons. The number of aromatic nitrogens is 1. The molecular formula is C19H20N2O2S. The molecule has 5 heteroatoms. The number of carbonyl (C=O) groups excluding carboxylic acids is 1. The van der Waals surface area contributed by atoms with E-state index in [1.54, 1.807) is 16.9 Å². The number of amides is 1. The number of carbonyl (C=O) groups is 1. The van der Waals surface area contributed by atoms with Crippen molar-refractivity contribution in [1.82, 2.24) is 9.27 Å². The van der Waals surface area contributed by atoms with Crippen molar-refractivity contribution in [2.75, 3.05) is 6.54 Å². The van der Waals surface area contributed by atoms with Gasteiger partial charge in [-0.05, 0) is 30.5 Å². The summed E-state index contributed by atoms with van der Waals surface area (Å²) in [6, 6.07) is 17.0. The maximum Gasteiger partial charge on any atom is 0.269 e. The Morgan fingerprint density at radius 2 is 1.75 bits per heavy atom. The lowest BCUT2D eigenvalue weighted by Gasteiger charge is -2.16. The van der Waals surface area contributed by atoms with E-state index in [1.165, 1.54) is 17.1 Å². The fraction of sp³-hybridized carbons (Fsp3) is 0.263. The van der Waals surface area contributed by atoms with Gasteiger partial charge in [-0.3, -0.25) is 13.5 Å². The first kappa shape index (κ1) is 16.5. The van der Waals surface area contributed by atoms with Crippen LogP contribution >= 0.6 is 11.5 Å². The van der Waals surface area contributed by atoms with E-state index in [0.29, 0.717) is 11.9 Å². The second kappa shape index (κ2) is 7.01. The van der Waals surface area contributed by atoms with Crippen LogP contribution in [0.5, 0.6) is 0 Å². The lowest BCUT2D eigenvalue weighted by molar-refractivity contribution is -0.123. The second-order valence-corrected chi connectivity index (χ2v) is 6.97. The zero-order chi connectivity index (χ0) is 17.1. The Morgan fingerprint density at radius 3 is 2.46 bits per heavy atom. The van der Waals surface area contributed by atoms with Crippen LogP contribution in [0.25, 0.3) is 10.1 Å². The van der Waals surface area contributed by atoms with Crippen molar-refractivity contribution in [2.45, 2.75) is 25.8 Å². The SMILES string of the molecule is CC(CNC(=O)C(C)n1sc2ccccc2c1=O)c1ccccc1. The molecule has 3 rings (SSSR count). The minimum absolute atomic E-state index is 0.102. The van der Waals surface area contributed by atoms with Gasteiger partial charge in [-0.2, -0.15) is 0 Å². The number of fused-ring (bicyclic) bond motifs is 1. The molecule has 2 unspecified atom stereocenters. The van der Waals surface area contributed by atoms with Gasteiger partial charge in [-0.15, -0.1) is 0 Å². The van der Waals surface area contributed by atoms with Crippen molar-refractivity contribution in [3.05, 3.63) is 70.5 Å². The first-order chi connectivity index (χ1) is 11.6. The number of hydrogen-bond donors (Lipinski definition) is 1. The van der Waals surface area contributed by atoms with E-state index in [9.17, 15) is 9.59 Å². The van der Waals surface area contributed by atoms with Crippen LogP contribution < -0.4 is 10.9 Å². The summed E-state index contributed by atoms with van der Waals surface area (Å²) < 4.78 is 2.45. The van der Waals surface area contributed by atoms with E-state index in [1.807, 2.05) is 36.4 Å². The van der Waals surface area contributed by atoms with Crippen molar-refractivity contribution in [2.24, 2.45) is 0 Å². The summed E-state index contributed by atoms with van der Waals surface area (Å²) in [6.07, 6.45) is 0. The third-order valence-corrected chi connectivity index (χ3v) is 5.43. The Labute approximate surface area is 144 Å². The zero-order valence-corrected chi connectivity index (χ0v) is 14.5. The monoisotopic (exact) mass is 340 g/mol. The Balaban J connectivity index is 1.70. The molecular weight excluding hydrogens is 320 g/mol. The van der Waals surface area contributed by atoms with E-state index in [2.05, 4.69) is 24.4 Å². The van der Waals surface area contributed by atoms with E-state index in [0.717, 1.165) is 4.70 Å². The Kier molecular flexibility index (Phi) is 4.81. The van der Waals surface area contributed by atoms with Gasteiger partial charge in [0.15, 0.2) is 0 Å². The first-order valence-corrected chi connectivity index (χ1v) is 8.78. The molecule has 1 heterocycles. The average molecular weight is 340 g/mol. The van der Waals surface area contributed by atoms with Crippen molar-refractivity contribution in [3.8, 4) is 0 Å². The third-order valence-electron chi connectivity index (χ3n) is 4.20. The highest BCUT2D eigenvalue weighted by Gasteiger charge is 2.20. The van der Waals surface area contributed by atoms with Crippen LogP contribution in [0.4, 0.5) is 0 Å². The van der Waals surface area contributed by atoms with Gasteiger partial charge in [0.25, 0.3) is 5.56 Å². The van der Waals surface area contributed by atoms with E-state index >= 15 is 0 Å². The van der Waals surface area contributed by atoms with Gasteiger partial charge in [0.1, 0.15) is 6.04 Å². The summed E-state index contributed by atoms with van der Waals surface area (Å²) >= 11 is 1.33. The van der Waals surface area contributed by atoms with Gasteiger partial charge in [-0.1, -0.05) is 60.9 Å². The van der Waals surface area contributed by atoms with Crippen LogP contribution in [0.1, 0.15) is 31.4 Å². The molecule has 0 fully saturated rings. The van der Waals surface area contributed by atoms with Gasteiger partial charge in [0.2, 0.25) is 5.91 Å². The van der Waals surface area contributed by atoms with Gasteiger partial charge >= 0.3 is 0 Å². The van der Waals surface area contributed by atoms with Gasteiger partial charge < -0.3 is 5.32 Å². The Hall–Kier alpha value is -2.40. The maximum absolute atomic E-state index is 12.4. The highest BCUT2D eigenvalue weighted by atomic mass is 32.1. The molecule has 1 N–H and O–H groups in total. The average Bonchev–Trinajstić information content (AvgIpc) is 2.96. The Bertz CT molecular complexity index is 898. The summed E-state index contributed by atoms with van der Waals surface area (Å²) in [4.78, 5) is 24.9. The molecule has 0 aliphatic rings. The van der Waals surface area contributed by atoms with Crippen molar-refractivity contribution >= 4 is 27.5 Å². The molecule has 2 aromatic carbocycles. The molecule has 4 nitrogen and oxygen atoms in total. The topological polar surface area (TPSA) is 51.1 Å². The fourth-order valence-electron chi connectivity index (χ4n) is 2.65.